The lowest BCUT2D eigenvalue weighted by molar-refractivity contribution is -0.126. The van der Waals surface area contributed by atoms with Crippen molar-refractivity contribution in [2.75, 3.05) is 40.3 Å². The maximum Gasteiger partial charge on any atom is 0.223 e. The lowest BCUT2D eigenvalue weighted by Crippen LogP contribution is -2.43. The summed E-state index contributed by atoms with van der Waals surface area (Å²) >= 11 is 11.8. The van der Waals surface area contributed by atoms with Crippen molar-refractivity contribution in [2.24, 2.45) is 5.92 Å². The minimum atomic E-state index is -3.45. The van der Waals surface area contributed by atoms with Gasteiger partial charge in [-0.25, -0.2) is 12.7 Å². The molecule has 0 spiro atoms. The number of benzene rings is 1. The molecule has 152 valence electrons. The summed E-state index contributed by atoms with van der Waals surface area (Å²) in [5, 5.41) is 3.69. The van der Waals surface area contributed by atoms with Gasteiger partial charge in [-0.05, 0) is 57.6 Å². The lowest BCUT2D eigenvalue weighted by atomic mass is 9.97. The third kappa shape index (κ3) is 6.91. The first kappa shape index (κ1) is 22.4. The number of carbonyl (C=O) groups excluding carboxylic acids is 1. The Morgan fingerprint density at radius 1 is 1.22 bits per heavy atom. The van der Waals surface area contributed by atoms with Gasteiger partial charge in [-0.3, -0.25) is 4.79 Å². The highest BCUT2D eigenvalue weighted by molar-refractivity contribution is 7.88. The van der Waals surface area contributed by atoms with Crippen molar-refractivity contribution in [1.29, 1.82) is 0 Å². The standard InChI is InChI=1S/C18H27Cl2N3O3S/c1-22(2)9-3-8-21-18(24)15-6-10-23(11-7-15)27(25,26)13-14-4-5-16(19)17(20)12-14/h4-5,12,15H,3,6-11,13H2,1-2H3,(H,21,24). The van der Waals surface area contributed by atoms with Gasteiger partial charge in [0, 0.05) is 25.6 Å². The number of amides is 1. The molecular weight excluding hydrogens is 409 g/mol. The molecule has 1 fully saturated rings. The number of halogens is 2. The van der Waals surface area contributed by atoms with Crippen LogP contribution in [0.15, 0.2) is 18.2 Å². The average Bonchev–Trinajstić information content (AvgIpc) is 2.61. The van der Waals surface area contributed by atoms with Gasteiger partial charge in [-0.1, -0.05) is 29.3 Å². The molecule has 1 aliphatic rings. The van der Waals surface area contributed by atoms with Gasteiger partial charge in [0.1, 0.15) is 0 Å². The molecule has 9 heteroatoms. The number of piperidine rings is 1. The molecule has 1 saturated heterocycles. The Morgan fingerprint density at radius 2 is 1.89 bits per heavy atom. The number of sulfonamides is 1. The van der Waals surface area contributed by atoms with Gasteiger partial charge in [0.25, 0.3) is 0 Å². The fraction of sp³-hybridized carbons (Fsp3) is 0.611. The molecule has 1 heterocycles. The van der Waals surface area contributed by atoms with Crippen molar-refractivity contribution in [3.8, 4) is 0 Å². The molecule has 2 rings (SSSR count). The number of nitrogens with zero attached hydrogens (tertiary/aromatic N) is 2. The Labute approximate surface area is 171 Å². The van der Waals surface area contributed by atoms with Crippen LogP contribution in [-0.2, 0) is 20.6 Å². The summed E-state index contributed by atoms with van der Waals surface area (Å²) in [7, 11) is 0.541. The van der Waals surface area contributed by atoms with Crippen molar-refractivity contribution in [3.63, 3.8) is 0 Å². The van der Waals surface area contributed by atoms with Gasteiger partial charge in [0.05, 0.1) is 15.8 Å². The highest BCUT2D eigenvalue weighted by Crippen LogP contribution is 2.26. The molecule has 0 saturated carbocycles. The smallest absolute Gasteiger partial charge is 0.223 e. The fourth-order valence-corrected chi connectivity index (χ4v) is 4.95. The average molecular weight is 436 g/mol. The van der Waals surface area contributed by atoms with Crippen LogP contribution in [0.1, 0.15) is 24.8 Å². The Kier molecular flexibility index (Phi) is 8.37. The fourth-order valence-electron chi connectivity index (χ4n) is 3.08. The van der Waals surface area contributed by atoms with Crippen molar-refractivity contribution in [3.05, 3.63) is 33.8 Å². The van der Waals surface area contributed by atoms with E-state index in [0.717, 1.165) is 13.0 Å². The van der Waals surface area contributed by atoms with E-state index in [1.165, 1.54) is 4.31 Å². The summed E-state index contributed by atoms with van der Waals surface area (Å²) in [6, 6.07) is 4.84. The Balaban J connectivity index is 1.83. The van der Waals surface area contributed by atoms with E-state index in [0.29, 0.717) is 48.1 Å². The van der Waals surface area contributed by atoms with Crippen molar-refractivity contribution >= 4 is 39.1 Å². The van der Waals surface area contributed by atoms with Gasteiger partial charge >= 0.3 is 0 Å². The Hall–Kier alpha value is -0.860. The summed E-state index contributed by atoms with van der Waals surface area (Å²) in [5.74, 6) is -0.221. The molecule has 1 aromatic rings. The van der Waals surface area contributed by atoms with Crippen LogP contribution in [-0.4, -0.2) is 63.8 Å². The molecule has 0 unspecified atom stereocenters. The van der Waals surface area contributed by atoms with Crippen LogP contribution in [0, 0.1) is 5.92 Å². The molecule has 0 aromatic heterocycles. The zero-order valence-corrected chi connectivity index (χ0v) is 18.1. The maximum absolute atomic E-state index is 12.6. The largest absolute Gasteiger partial charge is 0.356 e. The van der Waals surface area contributed by atoms with Gasteiger partial charge in [0.15, 0.2) is 0 Å². The molecule has 6 nitrogen and oxygen atoms in total. The first-order chi connectivity index (χ1) is 12.7. The summed E-state index contributed by atoms with van der Waals surface area (Å²) < 4.78 is 26.8. The van der Waals surface area contributed by atoms with Crippen molar-refractivity contribution in [1.82, 2.24) is 14.5 Å². The van der Waals surface area contributed by atoms with E-state index in [4.69, 9.17) is 23.2 Å². The minimum Gasteiger partial charge on any atom is -0.356 e. The van der Waals surface area contributed by atoms with Crippen LogP contribution in [0.3, 0.4) is 0 Å². The highest BCUT2D eigenvalue weighted by Gasteiger charge is 2.31. The second-order valence-electron chi connectivity index (χ2n) is 7.13. The maximum atomic E-state index is 12.6. The first-order valence-corrected chi connectivity index (χ1v) is 11.4. The molecular formula is C18H27Cl2N3O3S. The van der Waals surface area contributed by atoms with Gasteiger partial charge in [-0.2, -0.15) is 0 Å². The predicted octanol–water partition coefficient (Wildman–Crippen LogP) is 2.60. The molecule has 0 atom stereocenters. The first-order valence-electron chi connectivity index (χ1n) is 9.03. The molecule has 1 aliphatic heterocycles. The van der Waals surface area contributed by atoms with E-state index in [1.54, 1.807) is 18.2 Å². The predicted molar refractivity (Wildman–Crippen MR) is 110 cm³/mol. The molecule has 1 aromatic carbocycles. The van der Waals surface area contributed by atoms with Gasteiger partial charge in [-0.15, -0.1) is 0 Å². The third-order valence-electron chi connectivity index (χ3n) is 4.63. The Morgan fingerprint density at radius 3 is 2.48 bits per heavy atom. The highest BCUT2D eigenvalue weighted by atomic mass is 35.5. The van der Waals surface area contributed by atoms with Crippen LogP contribution < -0.4 is 5.32 Å². The van der Waals surface area contributed by atoms with Crippen LogP contribution in [0.25, 0.3) is 0 Å². The number of hydrogen-bond donors (Lipinski definition) is 1. The van der Waals surface area contributed by atoms with E-state index in [2.05, 4.69) is 10.2 Å². The third-order valence-corrected chi connectivity index (χ3v) is 7.22. The number of nitrogens with one attached hydrogen (secondary N) is 1. The number of hydrogen-bond acceptors (Lipinski definition) is 4. The monoisotopic (exact) mass is 435 g/mol. The van der Waals surface area contributed by atoms with E-state index in [-0.39, 0.29) is 17.6 Å². The lowest BCUT2D eigenvalue weighted by Gasteiger charge is -2.30. The molecule has 1 N–H and O–H groups in total. The summed E-state index contributed by atoms with van der Waals surface area (Å²) in [6.07, 6.45) is 1.98. The zero-order valence-electron chi connectivity index (χ0n) is 15.7. The van der Waals surface area contributed by atoms with Crippen LogP contribution in [0.5, 0.6) is 0 Å². The SMILES string of the molecule is CN(C)CCCNC(=O)C1CCN(S(=O)(=O)Cc2ccc(Cl)c(Cl)c2)CC1. The molecule has 0 radical (unpaired) electrons. The number of rotatable bonds is 8. The van der Waals surface area contributed by atoms with Gasteiger partial charge < -0.3 is 10.2 Å². The van der Waals surface area contributed by atoms with E-state index < -0.39 is 10.0 Å². The van der Waals surface area contributed by atoms with Gasteiger partial charge in [0.2, 0.25) is 15.9 Å². The quantitative estimate of drug-likeness (QED) is 0.637. The molecule has 1 amide bonds. The molecule has 27 heavy (non-hydrogen) atoms. The minimum absolute atomic E-state index is 0.0234. The molecule has 0 aliphatic carbocycles. The topological polar surface area (TPSA) is 69.7 Å². The van der Waals surface area contributed by atoms with E-state index in [1.807, 2.05) is 14.1 Å². The van der Waals surface area contributed by atoms with Crippen molar-refractivity contribution in [2.45, 2.75) is 25.0 Å². The zero-order chi connectivity index (χ0) is 20.0. The summed E-state index contributed by atoms with van der Waals surface area (Å²) in [4.78, 5) is 14.3. The second kappa shape index (κ2) is 10.1. The van der Waals surface area contributed by atoms with E-state index >= 15 is 0 Å². The number of carbonyl (C=O) groups is 1. The van der Waals surface area contributed by atoms with Crippen molar-refractivity contribution < 1.29 is 13.2 Å². The second-order valence-corrected chi connectivity index (χ2v) is 9.91. The summed E-state index contributed by atoms with van der Waals surface area (Å²) in [6.45, 7) is 2.29. The Bertz CT molecular complexity index is 748. The van der Waals surface area contributed by atoms with Crippen LogP contribution in [0.4, 0.5) is 0 Å². The molecule has 0 bridgehead atoms. The van der Waals surface area contributed by atoms with Crippen LogP contribution in [0.2, 0.25) is 10.0 Å². The summed E-state index contributed by atoms with van der Waals surface area (Å²) in [5.41, 5.74) is 0.602. The van der Waals surface area contributed by atoms with Crippen LogP contribution >= 0.6 is 23.2 Å². The normalized spacial score (nSPS) is 16.6. The van der Waals surface area contributed by atoms with E-state index in [9.17, 15) is 13.2 Å².